The van der Waals surface area contributed by atoms with E-state index in [1.54, 1.807) is 4.90 Å². The fourth-order valence-electron chi connectivity index (χ4n) is 2.63. The van der Waals surface area contributed by atoms with Crippen molar-refractivity contribution in [2.24, 2.45) is 0 Å². The molecule has 0 aliphatic carbocycles. The number of nitrogens with one attached hydrogen (secondary N) is 1. The summed E-state index contributed by atoms with van der Waals surface area (Å²) >= 11 is 0. The summed E-state index contributed by atoms with van der Waals surface area (Å²) < 4.78 is 0. The third-order valence-electron chi connectivity index (χ3n) is 3.70. The van der Waals surface area contributed by atoms with E-state index in [-0.39, 0.29) is 30.8 Å². The number of rotatable bonds is 4. The zero-order chi connectivity index (χ0) is 13.8. The van der Waals surface area contributed by atoms with Crippen molar-refractivity contribution in [3.63, 3.8) is 0 Å². The van der Waals surface area contributed by atoms with E-state index in [1.807, 2.05) is 4.90 Å². The topological polar surface area (TPSA) is 89.9 Å². The maximum atomic E-state index is 11.8. The van der Waals surface area contributed by atoms with Gasteiger partial charge in [0.1, 0.15) is 0 Å². The minimum atomic E-state index is -0.947. The highest BCUT2D eigenvalue weighted by molar-refractivity contribution is 5.81. The second-order valence-corrected chi connectivity index (χ2v) is 4.93. The van der Waals surface area contributed by atoms with Crippen molar-refractivity contribution in [1.29, 1.82) is 0 Å². The molecule has 2 saturated heterocycles. The van der Waals surface area contributed by atoms with Gasteiger partial charge in [0.05, 0.1) is 6.42 Å². The smallest absolute Gasteiger partial charge is 0.317 e. The fraction of sp³-hybridized carbons (Fsp3) is 0.750. The van der Waals surface area contributed by atoms with E-state index in [0.717, 1.165) is 19.4 Å². The van der Waals surface area contributed by atoms with Gasteiger partial charge in [-0.25, -0.2) is 4.79 Å². The Labute approximate surface area is 111 Å². The minimum Gasteiger partial charge on any atom is -0.481 e. The molecule has 0 bridgehead atoms. The van der Waals surface area contributed by atoms with E-state index in [4.69, 9.17) is 5.11 Å². The lowest BCUT2D eigenvalue weighted by atomic mass is 10.0. The summed E-state index contributed by atoms with van der Waals surface area (Å²) in [6, 6.07) is 0.182. The summed E-state index contributed by atoms with van der Waals surface area (Å²) in [7, 11) is 0. The number of nitrogens with zero attached hydrogens (tertiary/aromatic N) is 2. The Balaban J connectivity index is 1.77. The zero-order valence-corrected chi connectivity index (χ0v) is 10.8. The van der Waals surface area contributed by atoms with E-state index in [9.17, 15) is 14.4 Å². The average molecular weight is 269 g/mol. The summed E-state index contributed by atoms with van der Waals surface area (Å²) in [5.41, 5.74) is 0. The highest BCUT2D eigenvalue weighted by atomic mass is 16.4. The van der Waals surface area contributed by atoms with Crippen LogP contribution in [0.4, 0.5) is 4.79 Å². The molecule has 2 aliphatic rings. The van der Waals surface area contributed by atoms with Gasteiger partial charge in [-0.1, -0.05) is 0 Å². The molecule has 0 unspecified atom stereocenters. The highest BCUT2D eigenvalue weighted by Gasteiger charge is 2.31. The lowest BCUT2D eigenvalue weighted by Crippen LogP contribution is -2.47. The lowest BCUT2D eigenvalue weighted by Gasteiger charge is -2.36. The van der Waals surface area contributed by atoms with E-state index >= 15 is 0 Å². The largest absolute Gasteiger partial charge is 0.481 e. The zero-order valence-electron chi connectivity index (χ0n) is 10.8. The predicted molar refractivity (Wildman–Crippen MR) is 66.6 cm³/mol. The molecule has 0 saturated carbocycles. The van der Waals surface area contributed by atoms with Crippen LogP contribution >= 0.6 is 0 Å². The normalized spacial score (nSPS) is 20.5. The van der Waals surface area contributed by atoms with Crippen LogP contribution in [0.25, 0.3) is 0 Å². The van der Waals surface area contributed by atoms with Gasteiger partial charge in [-0.2, -0.15) is 0 Å². The third kappa shape index (κ3) is 3.36. The molecule has 2 aliphatic heterocycles. The van der Waals surface area contributed by atoms with Crippen LogP contribution in [-0.2, 0) is 9.59 Å². The Morgan fingerprint density at radius 2 is 1.89 bits per heavy atom. The van der Waals surface area contributed by atoms with Crippen molar-refractivity contribution in [2.45, 2.75) is 31.7 Å². The maximum Gasteiger partial charge on any atom is 0.317 e. The minimum absolute atomic E-state index is 0.0179. The SMILES string of the molecule is O=C(O)CCC(=O)N1CCC(N2CCNC2=O)CC1. The van der Waals surface area contributed by atoms with Crippen molar-refractivity contribution in [2.75, 3.05) is 26.2 Å². The molecule has 0 aromatic heterocycles. The molecule has 7 heteroatoms. The summed E-state index contributed by atoms with van der Waals surface area (Å²) in [6.45, 7) is 2.63. The van der Waals surface area contributed by atoms with Gasteiger partial charge in [0, 0.05) is 38.6 Å². The number of carbonyl (C=O) groups is 3. The highest BCUT2D eigenvalue weighted by Crippen LogP contribution is 2.19. The first-order valence-electron chi connectivity index (χ1n) is 6.62. The van der Waals surface area contributed by atoms with Crippen LogP contribution in [0.1, 0.15) is 25.7 Å². The first-order valence-corrected chi connectivity index (χ1v) is 6.62. The quantitative estimate of drug-likeness (QED) is 0.743. The molecular formula is C12H19N3O4. The summed E-state index contributed by atoms with van der Waals surface area (Å²) in [5.74, 6) is -1.05. The Kier molecular flexibility index (Phi) is 4.24. The van der Waals surface area contributed by atoms with Gasteiger partial charge >= 0.3 is 12.0 Å². The van der Waals surface area contributed by atoms with Crippen LogP contribution in [0.2, 0.25) is 0 Å². The first kappa shape index (κ1) is 13.6. The van der Waals surface area contributed by atoms with Gasteiger partial charge in [-0.15, -0.1) is 0 Å². The number of amides is 3. The number of hydrogen-bond acceptors (Lipinski definition) is 3. The molecule has 106 valence electrons. The molecule has 7 nitrogen and oxygen atoms in total. The number of likely N-dealkylation sites (tertiary alicyclic amines) is 1. The Morgan fingerprint density at radius 1 is 1.21 bits per heavy atom. The molecule has 0 radical (unpaired) electrons. The van der Waals surface area contributed by atoms with E-state index < -0.39 is 5.97 Å². The Bertz CT molecular complexity index is 377. The van der Waals surface area contributed by atoms with Gasteiger partial charge < -0.3 is 20.2 Å². The van der Waals surface area contributed by atoms with Crippen molar-refractivity contribution < 1.29 is 19.5 Å². The number of carboxylic acids is 1. The van der Waals surface area contributed by atoms with Gasteiger partial charge in [-0.3, -0.25) is 9.59 Å². The molecule has 0 aromatic rings. The van der Waals surface area contributed by atoms with Crippen LogP contribution in [0.5, 0.6) is 0 Å². The molecule has 2 fully saturated rings. The van der Waals surface area contributed by atoms with Gasteiger partial charge in [0.25, 0.3) is 0 Å². The monoisotopic (exact) mass is 269 g/mol. The van der Waals surface area contributed by atoms with Crippen LogP contribution in [-0.4, -0.2) is 65.0 Å². The van der Waals surface area contributed by atoms with Crippen LogP contribution < -0.4 is 5.32 Å². The summed E-state index contributed by atoms with van der Waals surface area (Å²) in [5, 5.41) is 11.3. The number of carbonyl (C=O) groups excluding carboxylic acids is 2. The molecule has 0 aromatic carbocycles. The molecule has 3 amide bonds. The van der Waals surface area contributed by atoms with Gasteiger partial charge in [-0.05, 0) is 12.8 Å². The molecule has 0 spiro atoms. The lowest BCUT2D eigenvalue weighted by molar-refractivity contribution is -0.141. The van der Waals surface area contributed by atoms with Crippen LogP contribution in [0.3, 0.4) is 0 Å². The van der Waals surface area contributed by atoms with Crippen molar-refractivity contribution in [3.8, 4) is 0 Å². The number of carboxylic acid groups (broad SMARTS) is 1. The first-order chi connectivity index (χ1) is 9.08. The van der Waals surface area contributed by atoms with Crippen LogP contribution in [0.15, 0.2) is 0 Å². The van der Waals surface area contributed by atoms with E-state index in [1.165, 1.54) is 0 Å². The standard InChI is InChI=1S/C12H19N3O4/c16-10(1-2-11(17)18)14-6-3-9(4-7-14)15-8-5-13-12(15)19/h9H,1-8H2,(H,13,19)(H,17,18). The van der Waals surface area contributed by atoms with Crippen molar-refractivity contribution in [3.05, 3.63) is 0 Å². The van der Waals surface area contributed by atoms with Crippen molar-refractivity contribution >= 4 is 17.9 Å². The summed E-state index contributed by atoms with van der Waals surface area (Å²) in [6.07, 6.45) is 1.48. The molecule has 2 rings (SSSR count). The molecule has 19 heavy (non-hydrogen) atoms. The van der Waals surface area contributed by atoms with Gasteiger partial charge in [0.15, 0.2) is 0 Å². The number of aliphatic carboxylic acids is 1. The summed E-state index contributed by atoms with van der Waals surface area (Å²) in [4.78, 5) is 37.3. The molecular weight excluding hydrogens is 250 g/mol. The molecule has 2 N–H and O–H groups in total. The predicted octanol–water partition coefficient (Wildman–Crippen LogP) is -0.133. The fourth-order valence-corrected chi connectivity index (χ4v) is 2.63. The Morgan fingerprint density at radius 3 is 2.42 bits per heavy atom. The second kappa shape index (κ2) is 5.90. The average Bonchev–Trinajstić information content (AvgIpc) is 2.82. The maximum absolute atomic E-state index is 11.8. The van der Waals surface area contributed by atoms with Crippen molar-refractivity contribution in [1.82, 2.24) is 15.1 Å². The number of hydrogen-bond donors (Lipinski definition) is 2. The number of urea groups is 1. The number of piperidine rings is 1. The van der Waals surface area contributed by atoms with E-state index in [2.05, 4.69) is 5.32 Å². The van der Waals surface area contributed by atoms with Crippen LogP contribution in [0, 0.1) is 0 Å². The molecule has 0 atom stereocenters. The van der Waals surface area contributed by atoms with Gasteiger partial charge in [0.2, 0.25) is 5.91 Å². The third-order valence-corrected chi connectivity index (χ3v) is 3.70. The second-order valence-electron chi connectivity index (χ2n) is 4.93. The van der Waals surface area contributed by atoms with E-state index in [0.29, 0.717) is 19.6 Å². The molecule has 2 heterocycles. The Hall–Kier alpha value is -1.79.